The van der Waals surface area contributed by atoms with E-state index in [0.29, 0.717) is 6.42 Å². The van der Waals surface area contributed by atoms with Crippen LogP contribution in [-0.4, -0.2) is 38.0 Å². The number of carbonyl (C=O) groups excluding carboxylic acids is 2. The Labute approximate surface area is 130 Å². The van der Waals surface area contributed by atoms with E-state index in [9.17, 15) is 9.59 Å². The highest BCUT2D eigenvalue weighted by atomic mass is 32.2. The summed E-state index contributed by atoms with van der Waals surface area (Å²) in [5.41, 5.74) is 3.23. The number of hydrogen-bond donors (Lipinski definition) is 0. The number of amides is 1. The van der Waals surface area contributed by atoms with Gasteiger partial charge in [0.1, 0.15) is 0 Å². The molecule has 0 N–H and O–H groups in total. The third kappa shape index (κ3) is 3.31. The zero-order valence-electron chi connectivity index (χ0n) is 13.3. The SMILES string of the molecule is CC(=O)SCC1CC(=O)N(C(C)c2c(C)nn(C)c2C)C1. The summed E-state index contributed by atoms with van der Waals surface area (Å²) in [5, 5.41) is 4.56. The summed E-state index contributed by atoms with van der Waals surface area (Å²) in [6, 6.07) is 0.0403. The topological polar surface area (TPSA) is 55.2 Å². The quantitative estimate of drug-likeness (QED) is 0.856. The molecule has 2 heterocycles. The van der Waals surface area contributed by atoms with Crippen LogP contribution >= 0.6 is 11.8 Å². The maximum Gasteiger partial charge on any atom is 0.223 e. The van der Waals surface area contributed by atoms with Crippen LogP contribution in [0.2, 0.25) is 0 Å². The molecule has 0 aliphatic carbocycles. The summed E-state index contributed by atoms with van der Waals surface area (Å²) in [6.07, 6.45) is 0.545. The predicted octanol–water partition coefficient (Wildman–Crippen LogP) is 2.23. The summed E-state index contributed by atoms with van der Waals surface area (Å²) in [7, 11) is 1.93. The van der Waals surface area contributed by atoms with Crippen LogP contribution in [0.5, 0.6) is 0 Å². The van der Waals surface area contributed by atoms with Crippen molar-refractivity contribution in [1.29, 1.82) is 0 Å². The summed E-state index contributed by atoms with van der Waals surface area (Å²) in [5.74, 6) is 1.18. The average Bonchev–Trinajstić information content (AvgIpc) is 2.88. The zero-order valence-corrected chi connectivity index (χ0v) is 14.2. The Hall–Kier alpha value is -1.30. The lowest BCUT2D eigenvalue weighted by Crippen LogP contribution is -2.29. The Balaban J connectivity index is 2.11. The Kier molecular flexibility index (Phi) is 4.76. The maximum absolute atomic E-state index is 12.3. The number of carbonyl (C=O) groups is 2. The molecule has 1 amide bonds. The van der Waals surface area contributed by atoms with Gasteiger partial charge in [0.2, 0.25) is 5.91 Å². The van der Waals surface area contributed by atoms with E-state index >= 15 is 0 Å². The van der Waals surface area contributed by atoms with E-state index < -0.39 is 0 Å². The highest BCUT2D eigenvalue weighted by Crippen LogP contribution is 2.32. The number of rotatable bonds is 4. The lowest BCUT2D eigenvalue weighted by molar-refractivity contribution is -0.129. The lowest BCUT2D eigenvalue weighted by atomic mass is 10.1. The maximum atomic E-state index is 12.3. The number of hydrogen-bond acceptors (Lipinski definition) is 4. The zero-order chi connectivity index (χ0) is 15.7. The van der Waals surface area contributed by atoms with Gasteiger partial charge in [-0.1, -0.05) is 11.8 Å². The van der Waals surface area contributed by atoms with E-state index in [2.05, 4.69) is 12.0 Å². The minimum atomic E-state index is 0.0403. The Morgan fingerprint density at radius 2 is 2.14 bits per heavy atom. The highest BCUT2D eigenvalue weighted by molar-refractivity contribution is 8.13. The van der Waals surface area contributed by atoms with Gasteiger partial charge in [0, 0.05) is 43.9 Å². The Bertz CT molecular complexity index is 568. The molecular weight excluding hydrogens is 286 g/mol. The van der Waals surface area contributed by atoms with E-state index in [0.717, 1.165) is 29.2 Å². The second-order valence-corrected chi connectivity index (χ2v) is 7.00. The molecule has 5 nitrogen and oxygen atoms in total. The number of thioether (sulfide) groups is 1. The van der Waals surface area contributed by atoms with Gasteiger partial charge >= 0.3 is 0 Å². The molecule has 21 heavy (non-hydrogen) atoms. The van der Waals surface area contributed by atoms with Crippen LogP contribution < -0.4 is 0 Å². The molecule has 0 spiro atoms. The van der Waals surface area contributed by atoms with Gasteiger partial charge in [0.25, 0.3) is 0 Å². The van der Waals surface area contributed by atoms with E-state index in [-0.39, 0.29) is 23.0 Å². The van der Waals surface area contributed by atoms with Gasteiger partial charge in [-0.25, -0.2) is 0 Å². The smallest absolute Gasteiger partial charge is 0.223 e. The van der Waals surface area contributed by atoms with Crippen molar-refractivity contribution in [1.82, 2.24) is 14.7 Å². The molecule has 1 fully saturated rings. The second-order valence-electron chi connectivity index (χ2n) is 5.80. The molecule has 2 atom stereocenters. The molecule has 0 radical (unpaired) electrons. The largest absolute Gasteiger partial charge is 0.335 e. The van der Waals surface area contributed by atoms with Crippen LogP contribution in [0.4, 0.5) is 0 Å². The van der Waals surface area contributed by atoms with E-state index in [1.54, 1.807) is 6.92 Å². The molecule has 116 valence electrons. The van der Waals surface area contributed by atoms with Gasteiger partial charge in [-0.05, 0) is 26.7 Å². The van der Waals surface area contributed by atoms with Gasteiger partial charge in [-0.15, -0.1) is 0 Å². The molecule has 0 saturated carbocycles. The van der Waals surface area contributed by atoms with Crippen molar-refractivity contribution in [3.05, 3.63) is 17.0 Å². The normalized spacial score (nSPS) is 20.1. The molecule has 2 rings (SSSR count). The average molecular weight is 309 g/mol. The van der Waals surface area contributed by atoms with Crippen LogP contribution in [0.3, 0.4) is 0 Å². The molecular formula is C15H23N3O2S. The summed E-state index contributed by atoms with van der Waals surface area (Å²) >= 11 is 1.32. The summed E-state index contributed by atoms with van der Waals surface area (Å²) < 4.78 is 1.87. The molecule has 1 aliphatic rings. The van der Waals surface area contributed by atoms with Gasteiger partial charge in [-0.3, -0.25) is 14.3 Å². The van der Waals surface area contributed by atoms with Gasteiger partial charge < -0.3 is 4.90 Å². The third-order valence-electron chi connectivity index (χ3n) is 4.21. The molecule has 1 aromatic heterocycles. The Morgan fingerprint density at radius 3 is 2.67 bits per heavy atom. The van der Waals surface area contributed by atoms with Crippen molar-refractivity contribution in [3.8, 4) is 0 Å². The fraction of sp³-hybridized carbons (Fsp3) is 0.667. The third-order valence-corrected chi connectivity index (χ3v) is 5.26. The molecule has 2 unspecified atom stereocenters. The van der Waals surface area contributed by atoms with Crippen LogP contribution in [0.25, 0.3) is 0 Å². The van der Waals surface area contributed by atoms with E-state index in [1.165, 1.54) is 11.8 Å². The molecule has 1 aliphatic heterocycles. The number of aryl methyl sites for hydroxylation is 2. The van der Waals surface area contributed by atoms with Crippen molar-refractivity contribution in [2.45, 2.75) is 40.2 Å². The first kappa shape index (κ1) is 16.1. The standard InChI is InChI=1S/C15H23N3O2S/c1-9-15(10(2)17(5)16-9)11(3)18-7-13(6-14(18)20)8-21-12(4)19/h11,13H,6-8H2,1-5H3. The van der Waals surface area contributed by atoms with Crippen LogP contribution in [0.15, 0.2) is 0 Å². The minimum absolute atomic E-state index is 0.0403. The van der Waals surface area contributed by atoms with Crippen molar-refractivity contribution >= 4 is 22.8 Å². The summed E-state index contributed by atoms with van der Waals surface area (Å²) in [6.45, 7) is 8.39. The first-order chi connectivity index (χ1) is 9.81. The van der Waals surface area contributed by atoms with Gasteiger partial charge in [-0.2, -0.15) is 5.10 Å². The van der Waals surface area contributed by atoms with Crippen molar-refractivity contribution in [2.75, 3.05) is 12.3 Å². The molecule has 1 aromatic rings. The number of nitrogens with zero attached hydrogens (tertiary/aromatic N) is 3. The second kappa shape index (κ2) is 6.22. The van der Waals surface area contributed by atoms with Crippen LogP contribution in [0.1, 0.15) is 43.3 Å². The minimum Gasteiger partial charge on any atom is -0.335 e. The number of aromatic nitrogens is 2. The van der Waals surface area contributed by atoms with Crippen molar-refractivity contribution in [2.24, 2.45) is 13.0 Å². The molecule has 1 saturated heterocycles. The van der Waals surface area contributed by atoms with Crippen molar-refractivity contribution in [3.63, 3.8) is 0 Å². The first-order valence-electron chi connectivity index (χ1n) is 7.24. The molecule has 6 heteroatoms. The van der Waals surface area contributed by atoms with E-state index in [4.69, 9.17) is 0 Å². The fourth-order valence-electron chi connectivity index (χ4n) is 3.08. The van der Waals surface area contributed by atoms with Crippen LogP contribution in [-0.2, 0) is 16.6 Å². The fourth-order valence-corrected chi connectivity index (χ4v) is 3.77. The first-order valence-corrected chi connectivity index (χ1v) is 8.22. The number of likely N-dealkylation sites (tertiary alicyclic amines) is 1. The predicted molar refractivity (Wildman–Crippen MR) is 84.1 cm³/mol. The molecule has 0 bridgehead atoms. The lowest BCUT2D eigenvalue weighted by Gasteiger charge is -2.25. The van der Waals surface area contributed by atoms with Gasteiger partial charge in [0.05, 0.1) is 11.7 Å². The van der Waals surface area contributed by atoms with E-state index in [1.807, 2.05) is 30.5 Å². The monoisotopic (exact) mass is 309 g/mol. The van der Waals surface area contributed by atoms with Gasteiger partial charge in [0.15, 0.2) is 5.12 Å². The van der Waals surface area contributed by atoms with Crippen LogP contribution in [0, 0.1) is 19.8 Å². The highest BCUT2D eigenvalue weighted by Gasteiger charge is 2.34. The molecule has 0 aromatic carbocycles. The Morgan fingerprint density at radius 1 is 1.48 bits per heavy atom. The summed E-state index contributed by atoms with van der Waals surface area (Å²) in [4.78, 5) is 25.3. The van der Waals surface area contributed by atoms with Crippen molar-refractivity contribution < 1.29 is 9.59 Å².